The smallest absolute Gasteiger partial charge is 0.239 e. The minimum absolute atomic E-state index is 0.00667. The van der Waals surface area contributed by atoms with Gasteiger partial charge in [0.2, 0.25) is 5.91 Å². The Labute approximate surface area is 105 Å². The maximum absolute atomic E-state index is 12.2. The Morgan fingerprint density at radius 3 is 2.82 bits per heavy atom. The van der Waals surface area contributed by atoms with Crippen LogP contribution in [-0.4, -0.2) is 49.7 Å². The van der Waals surface area contributed by atoms with E-state index in [1.165, 1.54) is 6.42 Å². The highest BCUT2D eigenvalue weighted by atomic mass is 16.5. The SMILES string of the molecule is CC(C)OCCN(C)C(=O)C1NCCCC1C. The van der Waals surface area contributed by atoms with E-state index in [4.69, 9.17) is 4.74 Å². The summed E-state index contributed by atoms with van der Waals surface area (Å²) in [5.41, 5.74) is 0. The molecule has 1 saturated heterocycles. The summed E-state index contributed by atoms with van der Waals surface area (Å²) >= 11 is 0. The van der Waals surface area contributed by atoms with Gasteiger partial charge in [0.05, 0.1) is 18.8 Å². The summed E-state index contributed by atoms with van der Waals surface area (Å²) in [6.07, 6.45) is 2.54. The van der Waals surface area contributed by atoms with Gasteiger partial charge in [-0.25, -0.2) is 0 Å². The Balaban J connectivity index is 2.34. The molecular weight excluding hydrogens is 216 g/mol. The van der Waals surface area contributed by atoms with Crippen LogP contribution >= 0.6 is 0 Å². The first-order valence-corrected chi connectivity index (χ1v) is 6.62. The van der Waals surface area contributed by atoms with Gasteiger partial charge >= 0.3 is 0 Å². The fourth-order valence-electron chi connectivity index (χ4n) is 2.15. The van der Waals surface area contributed by atoms with Crippen molar-refractivity contribution in [2.24, 2.45) is 5.92 Å². The topological polar surface area (TPSA) is 41.6 Å². The van der Waals surface area contributed by atoms with E-state index in [1.807, 2.05) is 20.9 Å². The first-order valence-electron chi connectivity index (χ1n) is 6.62. The molecule has 0 aliphatic carbocycles. The molecule has 0 radical (unpaired) electrons. The Bertz CT molecular complexity index is 244. The van der Waals surface area contributed by atoms with Crippen LogP contribution in [-0.2, 0) is 9.53 Å². The zero-order valence-corrected chi connectivity index (χ0v) is 11.5. The highest BCUT2D eigenvalue weighted by Crippen LogP contribution is 2.16. The highest BCUT2D eigenvalue weighted by molar-refractivity contribution is 5.82. The fourth-order valence-corrected chi connectivity index (χ4v) is 2.15. The third-order valence-corrected chi connectivity index (χ3v) is 3.29. The lowest BCUT2D eigenvalue weighted by atomic mass is 9.92. The van der Waals surface area contributed by atoms with Crippen LogP contribution in [0.4, 0.5) is 0 Å². The molecule has 0 saturated carbocycles. The maximum Gasteiger partial charge on any atom is 0.239 e. The monoisotopic (exact) mass is 242 g/mol. The van der Waals surface area contributed by atoms with Crippen LogP contribution in [0.3, 0.4) is 0 Å². The number of carbonyl (C=O) groups excluding carboxylic acids is 1. The van der Waals surface area contributed by atoms with Crippen LogP contribution in [0.15, 0.2) is 0 Å². The van der Waals surface area contributed by atoms with Gasteiger partial charge < -0.3 is 15.0 Å². The first-order chi connectivity index (χ1) is 8.02. The third-order valence-electron chi connectivity index (χ3n) is 3.29. The van der Waals surface area contributed by atoms with E-state index in [9.17, 15) is 4.79 Å². The summed E-state index contributed by atoms with van der Waals surface area (Å²) in [4.78, 5) is 14.0. The van der Waals surface area contributed by atoms with Gasteiger partial charge in [-0.2, -0.15) is 0 Å². The number of rotatable bonds is 5. The summed E-state index contributed by atoms with van der Waals surface area (Å²) in [6.45, 7) is 8.40. The second-order valence-corrected chi connectivity index (χ2v) is 5.23. The Morgan fingerprint density at radius 1 is 1.53 bits per heavy atom. The van der Waals surface area contributed by atoms with Crippen molar-refractivity contribution in [1.29, 1.82) is 0 Å². The molecule has 0 aromatic carbocycles. The van der Waals surface area contributed by atoms with Crippen molar-refractivity contribution in [1.82, 2.24) is 10.2 Å². The predicted molar refractivity (Wildman–Crippen MR) is 68.9 cm³/mol. The van der Waals surface area contributed by atoms with Crippen LogP contribution < -0.4 is 5.32 Å². The Kier molecular flexibility index (Phi) is 5.92. The zero-order valence-electron chi connectivity index (χ0n) is 11.5. The van der Waals surface area contributed by atoms with Crippen LogP contribution in [0.25, 0.3) is 0 Å². The molecule has 0 aromatic rings. The van der Waals surface area contributed by atoms with Crippen LogP contribution in [0.5, 0.6) is 0 Å². The number of hydrogen-bond donors (Lipinski definition) is 1. The standard InChI is InChI=1S/C13H26N2O2/c1-10(2)17-9-8-15(4)13(16)12-11(3)6-5-7-14-12/h10-12,14H,5-9H2,1-4H3. The lowest BCUT2D eigenvalue weighted by Crippen LogP contribution is -2.51. The van der Waals surface area contributed by atoms with Crippen LogP contribution in [0, 0.1) is 5.92 Å². The summed E-state index contributed by atoms with van der Waals surface area (Å²) in [6, 6.07) is -0.00667. The van der Waals surface area contributed by atoms with Crippen molar-refractivity contribution in [3.05, 3.63) is 0 Å². The number of nitrogens with one attached hydrogen (secondary N) is 1. The minimum Gasteiger partial charge on any atom is -0.377 e. The van der Waals surface area contributed by atoms with E-state index in [2.05, 4.69) is 12.2 Å². The van der Waals surface area contributed by atoms with E-state index in [0.29, 0.717) is 19.1 Å². The molecule has 1 rings (SSSR count). The molecule has 1 heterocycles. The van der Waals surface area contributed by atoms with Gasteiger partial charge in [0, 0.05) is 13.6 Å². The van der Waals surface area contributed by atoms with Gasteiger partial charge in [-0.15, -0.1) is 0 Å². The van der Waals surface area contributed by atoms with Gasteiger partial charge in [-0.1, -0.05) is 6.92 Å². The molecule has 1 aliphatic rings. The average molecular weight is 242 g/mol. The molecule has 0 bridgehead atoms. The predicted octanol–water partition coefficient (Wildman–Crippen LogP) is 1.26. The quantitative estimate of drug-likeness (QED) is 0.789. The van der Waals surface area contributed by atoms with E-state index < -0.39 is 0 Å². The highest BCUT2D eigenvalue weighted by Gasteiger charge is 2.29. The molecule has 1 N–H and O–H groups in total. The molecule has 1 amide bonds. The number of nitrogens with zero attached hydrogens (tertiary/aromatic N) is 1. The van der Waals surface area contributed by atoms with E-state index in [1.54, 1.807) is 4.90 Å². The zero-order chi connectivity index (χ0) is 12.8. The normalized spacial score (nSPS) is 25.0. The van der Waals surface area contributed by atoms with Gasteiger partial charge in [0.15, 0.2) is 0 Å². The second-order valence-electron chi connectivity index (χ2n) is 5.23. The largest absolute Gasteiger partial charge is 0.377 e. The van der Waals surface area contributed by atoms with Crippen molar-refractivity contribution in [2.45, 2.75) is 45.8 Å². The number of likely N-dealkylation sites (N-methyl/N-ethyl adjacent to an activating group) is 1. The van der Waals surface area contributed by atoms with Gasteiger partial charge in [-0.05, 0) is 39.2 Å². The molecular formula is C13H26N2O2. The second kappa shape index (κ2) is 6.97. The lowest BCUT2D eigenvalue weighted by molar-refractivity contribution is -0.134. The van der Waals surface area contributed by atoms with E-state index in [-0.39, 0.29) is 18.1 Å². The summed E-state index contributed by atoms with van der Waals surface area (Å²) in [5.74, 6) is 0.634. The molecule has 0 spiro atoms. The van der Waals surface area contributed by atoms with Crippen molar-refractivity contribution < 1.29 is 9.53 Å². The molecule has 100 valence electrons. The lowest BCUT2D eigenvalue weighted by Gasteiger charge is -2.32. The van der Waals surface area contributed by atoms with Gasteiger partial charge in [-0.3, -0.25) is 4.79 Å². The molecule has 17 heavy (non-hydrogen) atoms. The molecule has 2 atom stereocenters. The van der Waals surface area contributed by atoms with E-state index >= 15 is 0 Å². The Hall–Kier alpha value is -0.610. The van der Waals surface area contributed by atoms with Crippen molar-refractivity contribution >= 4 is 5.91 Å². The minimum atomic E-state index is -0.00667. The van der Waals surface area contributed by atoms with Gasteiger partial charge in [0.25, 0.3) is 0 Å². The van der Waals surface area contributed by atoms with Crippen molar-refractivity contribution in [3.8, 4) is 0 Å². The molecule has 1 fully saturated rings. The van der Waals surface area contributed by atoms with Crippen LogP contribution in [0.1, 0.15) is 33.6 Å². The Morgan fingerprint density at radius 2 is 2.24 bits per heavy atom. The maximum atomic E-state index is 12.2. The molecule has 4 heteroatoms. The molecule has 0 aromatic heterocycles. The fraction of sp³-hybridized carbons (Fsp3) is 0.923. The molecule has 1 aliphatic heterocycles. The number of ether oxygens (including phenoxy) is 1. The first kappa shape index (κ1) is 14.5. The number of piperidine rings is 1. The van der Waals surface area contributed by atoms with Crippen molar-refractivity contribution in [3.63, 3.8) is 0 Å². The third kappa shape index (κ3) is 4.64. The summed E-state index contributed by atoms with van der Waals surface area (Å²) in [7, 11) is 1.86. The number of amides is 1. The summed E-state index contributed by atoms with van der Waals surface area (Å²) in [5, 5.41) is 3.32. The molecule has 2 unspecified atom stereocenters. The number of carbonyl (C=O) groups is 1. The van der Waals surface area contributed by atoms with Crippen LogP contribution in [0.2, 0.25) is 0 Å². The molecule has 4 nitrogen and oxygen atoms in total. The summed E-state index contributed by atoms with van der Waals surface area (Å²) < 4.78 is 5.46. The van der Waals surface area contributed by atoms with Crippen molar-refractivity contribution in [2.75, 3.05) is 26.7 Å². The van der Waals surface area contributed by atoms with Gasteiger partial charge in [0.1, 0.15) is 0 Å². The number of hydrogen-bond acceptors (Lipinski definition) is 3. The average Bonchev–Trinajstić information content (AvgIpc) is 2.28. The van der Waals surface area contributed by atoms with E-state index in [0.717, 1.165) is 13.0 Å².